The molecule has 10 nitrogen and oxygen atoms in total. The van der Waals surface area contributed by atoms with Crippen molar-refractivity contribution in [1.29, 1.82) is 0 Å². The fourth-order valence-corrected chi connectivity index (χ4v) is 3.75. The summed E-state index contributed by atoms with van der Waals surface area (Å²) in [6.07, 6.45) is 0. The van der Waals surface area contributed by atoms with Crippen molar-refractivity contribution in [3.63, 3.8) is 0 Å². The monoisotopic (exact) mass is 435 g/mol. The van der Waals surface area contributed by atoms with Gasteiger partial charge in [0.25, 0.3) is 15.5 Å². The predicted octanol–water partition coefficient (Wildman–Crippen LogP) is 1.90. The molecule has 0 saturated carbocycles. The van der Waals surface area contributed by atoms with Crippen molar-refractivity contribution in [1.82, 2.24) is 15.0 Å². The Morgan fingerprint density at radius 2 is 1.90 bits per heavy atom. The van der Waals surface area contributed by atoms with Crippen molar-refractivity contribution in [2.24, 2.45) is 0 Å². The highest BCUT2D eigenvalue weighted by Crippen LogP contribution is 2.36. The van der Waals surface area contributed by atoms with Gasteiger partial charge < -0.3 is 9.42 Å². The molecule has 0 N–H and O–H groups in total. The minimum atomic E-state index is -5.68. The van der Waals surface area contributed by atoms with Crippen LogP contribution < -0.4 is 4.90 Å². The molecule has 0 aliphatic carbocycles. The second kappa shape index (κ2) is 7.59. The highest BCUT2D eigenvalue weighted by molar-refractivity contribution is 7.92. The molecule has 0 spiro atoms. The number of halogens is 3. The number of sulfone groups is 1. The van der Waals surface area contributed by atoms with E-state index in [1.54, 1.807) is 11.8 Å². The number of nitrogens with zero attached hydrogens (tertiary/aromatic N) is 5. The van der Waals surface area contributed by atoms with Gasteiger partial charge in [-0.05, 0) is 12.1 Å². The van der Waals surface area contributed by atoms with Gasteiger partial charge in [-0.1, -0.05) is 5.16 Å². The molecule has 1 saturated heterocycles. The molecule has 2 aromatic rings. The highest BCUT2D eigenvalue weighted by atomic mass is 32.2. The molecule has 1 aliphatic rings. The lowest BCUT2D eigenvalue weighted by molar-refractivity contribution is -0.384. The normalized spacial score (nSPS) is 16.2. The number of piperazine rings is 1. The fraction of sp³-hybridized carbons (Fsp3) is 0.467. The van der Waals surface area contributed by atoms with Crippen LogP contribution in [-0.2, 0) is 16.4 Å². The van der Waals surface area contributed by atoms with Crippen molar-refractivity contribution in [3.8, 4) is 0 Å². The van der Waals surface area contributed by atoms with Crippen molar-refractivity contribution in [2.45, 2.75) is 23.9 Å². The smallest absolute Gasteiger partial charge is 0.363 e. The predicted molar refractivity (Wildman–Crippen MR) is 92.9 cm³/mol. The lowest BCUT2D eigenvalue weighted by atomic mass is 10.2. The summed E-state index contributed by atoms with van der Waals surface area (Å²) >= 11 is 0. The van der Waals surface area contributed by atoms with E-state index in [0.717, 1.165) is 12.1 Å². The molecule has 14 heteroatoms. The first-order valence-electron chi connectivity index (χ1n) is 8.35. The first kappa shape index (κ1) is 21.0. The Morgan fingerprint density at radius 3 is 2.41 bits per heavy atom. The van der Waals surface area contributed by atoms with Crippen LogP contribution in [0.4, 0.5) is 24.5 Å². The summed E-state index contributed by atoms with van der Waals surface area (Å²) in [6, 6.07) is 2.22. The number of rotatable bonds is 5. The minimum absolute atomic E-state index is 0.0613. The fourth-order valence-electron chi connectivity index (χ4n) is 2.97. The van der Waals surface area contributed by atoms with Gasteiger partial charge in [0.2, 0.25) is 5.89 Å². The van der Waals surface area contributed by atoms with Gasteiger partial charge in [0.15, 0.2) is 5.82 Å². The zero-order valence-electron chi connectivity index (χ0n) is 15.1. The maximum atomic E-state index is 12.7. The van der Waals surface area contributed by atoms with Crippen LogP contribution in [0.15, 0.2) is 27.6 Å². The number of hydrogen-bond donors (Lipinski definition) is 0. The molecule has 0 amide bonds. The largest absolute Gasteiger partial charge is 0.501 e. The molecule has 2 heterocycles. The third kappa shape index (κ3) is 4.32. The molecular formula is C15H16F3N5O5S. The summed E-state index contributed by atoms with van der Waals surface area (Å²) in [6.45, 7) is 3.78. The van der Waals surface area contributed by atoms with Crippen LogP contribution in [0.25, 0.3) is 0 Å². The van der Waals surface area contributed by atoms with E-state index in [2.05, 4.69) is 10.1 Å². The number of nitro benzene ring substituents is 1. The Labute approximate surface area is 163 Å². The van der Waals surface area contributed by atoms with Gasteiger partial charge in [0.1, 0.15) is 5.69 Å². The van der Waals surface area contributed by atoms with Crippen LogP contribution in [0.3, 0.4) is 0 Å². The summed E-state index contributed by atoms with van der Waals surface area (Å²) < 4.78 is 66.2. The van der Waals surface area contributed by atoms with Crippen molar-refractivity contribution in [2.75, 3.05) is 31.1 Å². The quantitative estimate of drug-likeness (QED) is 0.512. The standard InChI is InChI=1S/C15H16F3N5O5S/c1-10-19-14(20-28-10)9-21-4-6-22(7-5-21)12-3-2-11(8-13(12)23(24)25)29(26,27)15(16,17)18/h2-3,8H,4-7,9H2,1H3. The summed E-state index contributed by atoms with van der Waals surface area (Å²) in [7, 11) is -5.68. The summed E-state index contributed by atoms with van der Waals surface area (Å²) in [4.78, 5) is 17.0. The van der Waals surface area contributed by atoms with Crippen molar-refractivity contribution < 1.29 is 31.0 Å². The molecule has 0 bridgehead atoms. The molecule has 0 radical (unpaired) electrons. The zero-order valence-corrected chi connectivity index (χ0v) is 15.9. The van der Waals surface area contributed by atoms with Crippen LogP contribution in [0.2, 0.25) is 0 Å². The number of alkyl halides is 3. The van der Waals surface area contributed by atoms with Crippen LogP contribution in [0, 0.1) is 17.0 Å². The van der Waals surface area contributed by atoms with Gasteiger partial charge >= 0.3 is 5.51 Å². The van der Waals surface area contributed by atoms with Gasteiger partial charge in [-0.15, -0.1) is 0 Å². The topological polar surface area (TPSA) is 123 Å². The second-order valence-corrected chi connectivity index (χ2v) is 8.29. The third-order valence-corrected chi connectivity index (χ3v) is 5.89. The summed E-state index contributed by atoms with van der Waals surface area (Å²) in [5.41, 5.74) is -6.18. The van der Waals surface area contributed by atoms with Crippen LogP contribution in [0.1, 0.15) is 11.7 Å². The molecule has 1 aromatic heterocycles. The Kier molecular flexibility index (Phi) is 5.49. The molecule has 29 heavy (non-hydrogen) atoms. The van der Waals surface area contributed by atoms with E-state index in [9.17, 15) is 31.7 Å². The van der Waals surface area contributed by atoms with E-state index in [1.807, 2.05) is 4.90 Å². The molecule has 1 fully saturated rings. The maximum Gasteiger partial charge on any atom is 0.501 e. The molecule has 1 aliphatic heterocycles. The van der Waals surface area contributed by atoms with Gasteiger partial charge in [-0.3, -0.25) is 15.0 Å². The van der Waals surface area contributed by atoms with Gasteiger partial charge in [-0.25, -0.2) is 8.42 Å². The van der Waals surface area contributed by atoms with E-state index < -0.39 is 30.9 Å². The second-order valence-electron chi connectivity index (χ2n) is 6.35. The van der Waals surface area contributed by atoms with Crippen LogP contribution in [0.5, 0.6) is 0 Å². The Hall–Kier alpha value is -2.74. The van der Waals surface area contributed by atoms with E-state index in [1.165, 1.54) is 0 Å². The minimum Gasteiger partial charge on any atom is -0.363 e. The number of aryl methyl sites for hydroxylation is 1. The summed E-state index contributed by atoms with van der Waals surface area (Å²) in [5.74, 6) is 0.937. The average molecular weight is 435 g/mol. The molecule has 1 aromatic carbocycles. The van der Waals surface area contributed by atoms with Crippen molar-refractivity contribution >= 4 is 21.2 Å². The summed E-state index contributed by atoms with van der Waals surface area (Å²) in [5, 5.41) is 15.2. The number of anilines is 1. The lowest BCUT2D eigenvalue weighted by Gasteiger charge is -2.35. The van der Waals surface area contributed by atoms with E-state index in [4.69, 9.17) is 4.52 Å². The zero-order chi connectivity index (χ0) is 21.4. The van der Waals surface area contributed by atoms with Gasteiger partial charge in [0, 0.05) is 39.2 Å². The molecule has 3 rings (SSSR count). The third-order valence-electron chi connectivity index (χ3n) is 4.41. The maximum absolute atomic E-state index is 12.7. The number of nitro groups is 1. The van der Waals surface area contributed by atoms with E-state index in [-0.39, 0.29) is 5.69 Å². The van der Waals surface area contributed by atoms with E-state index >= 15 is 0 Å². The Morgan fingerprint density at radius 1 is 1.24 bits per heavy atom. The lowest BCUT2D eigenvalue weighted by Crippen LogP contribution is -2.46. The van der Waals surface area contributed by atoms with Crippen LogP contribution >= 0.6 is 0 Å². The molecule has 0 atom stereocenters. The average Bonchev–Trinajstić information content (AvgIpc) is 3.05. The van der Waals surface area contributed by atoms with Crippen molar-refractivity contribution in [3.05, 3.63) is 40.0 Å². The molecule has 158 valence electrons. The highest BCUT2D eigenvalue weighted by Gasteiger charge is 2.47. The van der Waals surface area contributed by atoms with E-state index in [0.29, 0.717) is 50.5 Å². The number of hydrogen-bond acceptors (Lipinski definition) is 9. The Balaban J connectivity index is 1.78. The molecule has 0 unspecified atom stereocenters. The first-order chi connectivity index (χ1) is 13.5. The molecular weight excluding hydrogens is 419 g/mol. The SMILES string of the molecule is Cc1nc(CN2CCN(c3ccc(S(=O)(=O)C(F)(F)F)cc3[N+](=O)[O-])CC2)no1. The Bertz CT molecular complexity index is 1020. The first-order valence-corrected chi connectivity index (χ1v) is 9.83. The van der Waals surface area contributed by atoms with Gasteiger partial charge in [0.05, 0.1) is 16.4 Å². The number of aromatic nitrogens is 2. The number of benzene rings is 1. The van der Waals surface area contributed by atoms with Gasteiger partial charge in [-0.2, -0.15) is 18.2 Å². The van der Waals surface area contributed by atoms with Crippen LogP contribution in [-0.4, -0.2) is 60.1 Å².